The maximum absolute atomic E-state index is 12.8. The van der Waals surface area contributed by atoms with Crippen molar-refractivity contribution in [3.63, 3.8) is 0 Å². The van der Waals surface area contributed by atoms with Crippen LogP contribution in [0, 0.1) is 5.92 Å². The minimum absolute atomic E-state index is 0.0467. The molecule has 0 spiro atoms. The fraction of sp³-hybridized carbons (Fsp3) is 0.529. The predicted octanol–water partition coefficient (Wildman–Crippen LogP) is 2.10. The molecule has 1 aromatic carbocycles. The van der Waals surface area contributed by atoms with E-state index < -0.39 is 16.1 Å². The number of benzene rings is 1. The summed E-state index contributed by atoms with van der Waals surface area (Å²) in [6.45, 7) is 5.94. The van der Waals surface area contributed by atoms with E-state index in [1.54, 1.807) is 11.0 Å². The van der Waals surface area contributed by atoms with Gasteiger partial charge in [0.25, 0.3) is 0 Å². The normalized spacial score (nSPS) is 17.0. The van der Waals surface area contributed by atoms with Gasteiger partial charge in [0, 0.05) is 37.6 Å². The van der Waals surface area contributed by atoms with Crippen LogP contribution in [0.1, 0.15) is 20.8 Å². The van der Waals surface area contributed by atoms with E-state index in [1.165, 1.54) is 23.4 Å². The molecule has 1 aliphatic rings. The molecule has 27 heavy (non-hydrogen) atoms. The highest BCUT2D eigenvalue weighted by atomic mass is 79.9. The van der Waals surface area contributed by atoms with Crippen molar-refractivity contribution in [1.29, 1.82) is 0 Å². The molecule has 2 amide bonds. The molecule has 1 fully saturated rings. The topological polar surface area (TPSA) is 86.8 Å². The first-order valence-electron chi connectivity index (χ1n) is 8.55. The summed E-state index contributed by atoms with van der Waals surface area (Å²) in [6, 6.07) is 4.01. The SMILES string of the molecule is CC(=O)N[C@H](C(=O)N1CCN(S(=O)(=O)c2ccc(Br)cc2Cl)CC1)C(C)C. The second kappa shape index (κ2) is 8.89. The fourth-order valence-electron chi connectivity index (χ4n) is 2.90. The Hall–Kier alpha value is -1.16. The van der Waals surface area contributed by atoms with E-state index in [0.29, 0.717) is 4.47 Å². The van der Waals surface area contributed by atoms with E-state index in [2.05, 4.69) is 21.2 Å². The third-order valence-electron chi connectivity index (χ3n) is 4.35. The highest BCUT2D eigenvalue weighted by molar-refractivity contribution is 9.10. The molecule has 2 rings (SSSR count). The summed E-state index contributed by atoms with van der Waals surface area (Å²) in [6.07, 6.45) is 0. The summed E-state index contributed by atoms with van der Waals surface area (Å²) < 4.78 is 27.7. The van der Waals surface area contributed by atoms with Crippen molar-refractivity contribution in [2.24, 2.45) is 5.92 Å². The fourth-order valence-corrected chi connectivity index (χ4v) is 5.34. The van der Waals surface area contributed by atoms with Crippen molar-refractivity contribution in [2.45, 2.75) is 31.7 Å². The molecular weight excluding hydrogens is 458 g/mol. The van der Waals surface area contributed by atoms with E-state index in [1.807, 2.05) is 13.8 Å². The molecular formula is C17H23BrClN3O4S. The van der Waals surface area contributed by atoms with Crippen LogP contribution in [0.15, 0.2) is 27.6 Å². The average Bonchev–Trinajstić information content (AvgIpc) is 2.58. The molecule has 150 valence electrons. The van der Waals surface area contributed by atoms with Crippen molar-refractivity contribution >= 4 is 49.4 Å². The summed E-state index contributed by atoms with van der Waals surface area (Å²) in [7, 11) is -3.74. The number of halogens is 2. The number of rotatable bonds is 5. The largest absolute Gasteiger partial charge is 0.344 e. The van der Waals surface area contributed by atoms with Gasteiger partial charge in [-0.2, -0.15) is 4.31 Å². The zero-order valence-corrected chi connectivity index (χ0v) is 18.6. The Labute approximate surface area is 173 Å². The Morgan fingerprint density at radius 1 is 1.19 bits per heavy atom. The van der Waals surface area contributed by atoms with Gasteiger partial charge in [-0.25, -0.2) is 8.42 Å². The minimum Gasteiger partial charge on any atom is -0.344 e. The molecule has 0 aliphatic carbocycles. The molecule has 1 saturated heterocycles. The van der Waals surface area contributed by atoms with Crippen LogP contribution in [0.4, 0.5) is 0 Å². The van der Waals surface area contributed by atoms with Crippen LogP contribution in [0.2, 0.25) is 5.02 Å². The number of sulfonamides is 1. The molecule has 0 bridgehead atoms. The van der Waals surface area contributed by atoms with Gasteiger partial charge in [-0.3, -0.25) is 9.59 Å². The lowest BCUT2D eigenvalue weighted by Crippen LogP contribution is -2.56. The van der Waals surface area contributed by atoms with Crippen molar-refractivity contribution in [3.05, 3.63) is 27.7 Å². The molecule has 7 nitrogen and oxygen atoms in total. The molecule has 0 saturated carbocycles. The van der Waals surface area contributed by atoms with Gasteiger partial charge in [-0.05, 0) is 24.1 Å². The molecule has 1 aromatic rings. The zero-order valence-electron chi connectivity index (χ0n) is 15.4. The standard InChI is InChI=1S/C17H23BrClN3O4S/c1-11(2)16(20-12(3)23)17(24)21-6-8-22(9-7-21)27(25,26)15-5-4-13(18)10-14(15)19/h4-5,10-11,16H,6-9H2,1-3H3,(H,20,23)/t16-/m0/s1. The van der Waals surface area contributed by atoms with Crippen molar-refractivity contribution < 1.29 is 18.0 Å². The second-order valence-corrected chi connectivity index (χ2v) is 9.96. The number of nitrogens with zero attached hydrogens (tertiary/aromatic N) is 2. The molecule has 1 atom stereocenters. The molecule has 10 heteroatoms. The number of nitrogens with one attached hydrogen (secondary N) is 1. The van der Waals surface area contributed by atoms with Gasteiger partial charge in [0.1, 0.15) is 10.9 Å². The van der Waals surface area contributed by atoms with Gasteiger partial charge in [-0.15, -0.1) is 0 Å². The Kier molecular flexibility index (Phi) is 7.29. The number of piperazine rings is 1. The van der Waals surface area contributed by atoms with Crippen molar-refractivity contribution in [3.8, 4) is 0 Å². The van der Waals surface area contributed by atoms with Gasteiger partial charge < -0.3 is 10.2 Å². The van der Waals surface area contributed by atoms with E-state index in [-0.39, 0.29) is 53.8 Å². The molecule has 0 unspecified atom stereocenters. The smallest absolute Gasteiger partial charge is 0.245 e. The number of carbonyl (C=O) groups excluding carboxylic acids is 2. The van der Waals surface area contributed by atoms with Crippen LogP contribution in [-0.4, -0.2) is 61.7 Å². The lowest BCUT2D eigenvalue weighted by Gasteiger charge is -2.36. The van der Waals surface area contributed by atoms with Crippen LogP contribution in [-0.2, 0) is 19.6 Å². The number of carbonyl (C=O) groups is 2. The molecule has 1 heterocycles. The number of hydrogen-bond donors (Lipinski definition) is 1. The maximum Gasteiger partial charge on any atom is 0.245 e. The lowest BCUT2D eigenvalue weighted by molar-refractivity contribution is -0.138. The summed E-state index contributed by atoms with van der Waals surface area (Å²) >= 11 is 9.35. The van der Waals surface area contributed by atoms with Crippen LogP contribution >= 0.6 is 27.5 Å². The Morgan fingerprint density at radius 3 is 2.26 bits per heavy atom. The minimum atomic E-state index is -3.74. The van der Waals surface area contributed by atoms with E-state index in [4.69, 9.17) is 11.6 Å². The summed E-state index contributed by atoms with van der Waals surface area (Å²) in [5.41, 5.74) is 0. The Balaban J connectivity index is 2.09. The van der Waals surface area contributed by atoms with E-state index in [9.17, 15) is 18.0 Å². The first-order valence-corrected chi connectivity index (χ1v) is 11.2. The third kappa shape index (κ3) is 5.22. The first kappa shape index (κ1) is 22.1. The lowest BCUT2D eigenvalue weighted by atomic mass is 10.0. The molecule has 0 aromatic heterocycles. The van der Waals surface area contributed by atoms with Crippen molar-refractivity contribution in [1.82, 2.24) is 14.5 Å². The van der Waals surface area contributed by atoms with Gasteiger partial charge in [0.05, 0.1) is 5.02 Å². The number of amides is 2. The highest BCUT2D eigenvalue weighted by Gasteiger charge is 2.34. The van der Waals surface area contributed by atoms with Gasteiger partial charge in [0.15, 0.2) is 0 Å². The maximum atomic E-state index is 12.8. The number of hydrogen-bond acceptors (Lipinski definition) is 4. The quantitative estimate of drug-likeness (QED) is 0.699. The summed E-state index contributed by atoms with van der Waals surface area (Å²) in [4.78, 5) is 25.7. The zero-order chi connectivity index (χ0) is 20.4. The van der Waals surface area contributed by atoms with Crippen molar-refractivity contribution in [2.75, 3.05) is 26.2 Å². The van der Waals surface area contributed by atoms with Gasteiger partial charge in [0.2, 0.25) is 21.8 Å². The van der Waals surface area contributed by atoms with Crippen LogP contribution in [0.5, 0.6) is 0 Å². The monoisotopic (exact) mass is 479 g/mol. The molecule has 1 aliphatic heterocycles. The van der Waals surface area contributed by atoms with Crippen LogP contribution < -0.4 is 5.32 Å². The van der Waals surface area contributed by atoms with E-state index >= 15 is 0 Å². The highest BCUT2D eigenvalue weighted by Crippen LogP contribution is 2.28. The predicted molar refractivity (Wildman–Crippen MR) is 107 cm³/mol. The van der Waals surface area contributed by atoms with Gasteiger partial charge >= 0.3 is 0 Å². The first-order chi connectivity index (χ1) is 12.5. The van der Waals surface area contributed by atoms with Crippen LogP contribution in [0.3, 0.4) is 0 Å². The molecule has 0 radical (unpaired) electrons. The Morgan fingerprint density at radius 2 is 1.78 bits per heavy atom. The summed E-state index contributed by atoms with van der Waals surface area (Å²) in [5.74, 6) is -0.531. The second-order valence-electron chi connectivity index (χ2n) is 6.73. The Bertz CT molecular complexity index is 823. The average molecular weight is 481 g/mol. The summed E-state index contributed by atoms with van der Waals surface area (Å²) in [5, 5.41) is 2.82. The molecule has 1 N–H and O–H groups in total. The van der Waals surface area contributed by atoms with Crippen LogP contribution in [0.25, 0.3) is 0 Å². The van der Waals surface area contributed by atoms with Gasteiger partial charge in [-0.1, -0.05) is 41.4 Å². The third-order valence-corrected chi connectivity index (χ3v) is 7.23. The van der Waals surface area contributed by atoms with E-state index in [0.717, 1.165) is 0 Å².